The molecule has 0 bridgehead atoms. The summed E-state index contributed by atoms with van der Waals surface area (Å²) in [5.74, 6) is -0.392. The van der Waals surface area contributed by atoms with E-state index in [1.165, 1.54) is 6.07 Å². The predicted octanol–water partition coefficient (Wildman–Crippen LogP) is 1.50. The molecule has 2 rings (SSSR count). The van der Waals surface area contributed by atoms with Crippen LogP contribution < -0.4 is 15.8 Å². The van der Waals surface area contributed by atoms with E-state index in [1.807, 2.05) is 0 Å². The first-order chi connectivity index (χ1) is 8.59. The first-order valence-corrected chi connectivity index (χ1v) is 6.06. The van der Waals surface area contributed by atoms with Gasteiger partial charge in [0, 0.05) is 5.56 Å². The van der Waals surface area contributed by atoms with Crippen LogP contribution in [0.4, 0.5) is 4.39 Å². The Bertz CT molecular complexity index is 449. The highest BCUT2D eigenvalue weighted by atomic mass is 19.1. The highest BCUT2D eigenvalue weighted by Crippen LogP contribution is 2.33. The first kappa shape index (κ1) is 12.8. The van der Waals surface area contributed by atoms with Crippen molar-refractivity contribution in [3.05, 3.63) is 29.6 Å². The van der Waals surface area contributed by atoms with E-state index in [1.54, 1.807) is 19.1 Å². The van der Waals surface area contributed by atoms with Gasteiger partial charge in [0.05, 0.1) is 18.7 Å². The molecule has 1 aromatic carbocycles. The fourth-order valence-electron chi connectivity index (χ4n) is 2.02. The maximum atomic E-state index is 13.7. The number of carbonyl (C=O) groups is 1. The van der Waals surface area contributed by atoms with E-state index in [0.717, 1.165) is 12.8 Å². The van der Waals surface area contributed by atoms with E-state index in [9.17, 15) is 9.18 Å². The summed E-state index contributed by atoms with van der Waals surface area (Å²) in [6, 6.07) is 3.93. The molecule has 0 saturated carbocycles. The molecule has 1 amide bonds. The van der Waals surface area contributed by atoms with Crippen molar-refractivity contribution in [2.75, 3.05) is 6.61 Å². The van der Waals surface area contributed by atoms with Crippen LogP contribution in [0.2, 0.25) is 0 Å². The zero-order valence-corrected chi connectivity index (χ0v) is 10.3. The van der Waals surface area contributed by atoms with E-state index >= 15 is 0 Å². The fourth-order valence-corrected chi connectivity index (χ4v) is 2.02. The summed E-state index contributed by atoms with van der Waals surface area (Å²) < 4.78 is 19.1. The third-order valence-electron chi connectivity index (χ3n) is 2.99. The second-order valence-corrected chi connectivity index (χ2v) is 4.50. The normalized spacial score (nSPS) is 20.3. The van der Waals surface area contributed by atoms with Crippen molar-refractivity contribution in [3.63, 3.8) is 0 Å². The van der Waals surface area contributed by atoms with Gasteiger partial charge in [-0.2, -0.15) is 0 Å². The Labute approximate surface area is 105 Å². The van der Waals surface area contributed by atoms with Gasteiger partial charge in [-0.15, -0.1) is 0 Å². The van der Waals surface area contributed by atoms with Crippen molar-refractivity contribution in [3.8, 4) is 5.75 Å². The van der Waals surface area contributed by atoms with Gasteiger partial charge in [0.15, 0.2) is 11.6 Å². The molecule has 0 radical (unpaired) electrons. The summed E-state index contributed by atoms with van der Waals surface area (Å²) in [5, 5.41) is 2.83. The van der Waals surface area contributed by atoms with Gasteiger partial charge in [-0.05, 0) is 25.8 Å². The lowest BCUT2D eigenvalue weighted by Crippen LogP contribution is -2.40. The van der Waals surface area contributed by atoms with Gasteiger partial charge in [0.25, 0.3) is 0 Å². The Hall–Kier alpha value is -1.62. The lowest BCUT2D eigenvalue weighted by atomic mass is 10.0. The van der Waals surface area contributed by atoms with Crippen LogP contribution in [0.3, 0.4) is 0 Å². The summed E-state index contributed by atoms with van der Waals surface area (Å²) in [6.07, 6.45) is 1.48. The second kappa shape index (κ2) is 5.35. The Morgan fingerprint density at radius 1 is 1.61 bits per heavy atom. The van der Waals surface area contributed by atoms with Gasteiger partial charge in [0.2, 0.25) is 5.91 Å². The van der Waals surface area contributed by atoms with Crippen LogP contribution in [0, 0.1) is 5.82 Å². The quantitative estimate of drug-likeness (QED) is 0.838. The summed E-state index contributed by atoms with van der Waals surface area (Å²) in [7, 11) is 0. The maximum Gasteiger partial charge on any atom is 0.237 e. The van der Waals surface area contributed by atoms with Crippen LogP contribution in [-0.2, 0) is 4.79 Å². The summed E-state index contributed by atoms with van der Waals surface area (Å²) in [4.78, 5) is 11.6. The molecular formula is C13H17FN2O2. The van der Waals surface area contributed by atoms with E-state index in [2.05, 4.69) is 5.32 Å². The molecule has 1 aliphatic heterocycles. The van der Waals surface area contributed by atoms with Crippen molar-refractivity contribution in [2.24, 2.45) is 5.73 Å². The Balaban J connectivity index is 2.27. The average molecular weight is 252 g/mol. The Kier molecular flexibility index (Phi) is 3.81. The van der Waals surface area contributed by atoms with Gasteiger partial charge in [0.1, 0.15) is 0 Å². The maximum absolute atomic E-state index is 13.7. The fraction of sp³-hybridized carbons (Fsp3) is 0.462. The molecule has 5 heteroatoms. The standard InChI is InChI=1S/C13H17FN2O2/c1-8(15)13(17)16-11-6-3-7-18-12-9(11)4-2-5-10(12)14/h2,4-5,8,11H,3,6-7,15H2,1H3,(H,16,17)/t8-,11?/m1/s1. The average Bonchev–Trinajstić information content (AvgIpc) is 2.53. The number of nitrogens with two attached hydrogens (primary N) is 1. The predicted molar refractivity (Wildman–Crippen MR) is 65.7 cm³/mol. The van der Waals surface area contributed by atoms with Crippen LogP contribution in [0.1, 0.15) is 31.4 Å². The van der Waals surface area contributed by atoms with Gasteiger partial charge in [-0.3, -0.25) is 4.79 Å². The van der Waals surface area contributed by atoms with Crippen molar-refractivity contribution in [2.45, 2.75) is 31.8 Å². The molecule has 1 unspecified atom stereocenters. The monoisotopic (exact) mass is 252 g/mol. The Morgan fingerprint density at radius 2 is 2.39 bits per heavy atom. The van der Waals surface area contributed by atoms with Gasteiger partial charge < -0.3 is 15.8 Å². The van der Waals surface area contributed by atoms with Gasteiger partial charge >= 0.3 is 0 Å². The lowest BCUT2D eigenvalue weighted by Gasteiger charge is -2.19. The Morgan fingerprint density at radius 3 is 3.11 bits per heavy atom. The van der Waals surface area contributed by atoms with Crippen LogP contribution in [0.25, 0.3) is 0 Å². The minimum absolute atomic E-state index is 0.239. The number of nitrogens with one attached hydrogen (secondary N) is 1. The summed E-state index contributed by atoms with van der Waals surface area (Å²) in [6.45, 7) is 2.08. The zero-order valence-electron chi connectivity index (χ0n) is 10.3. The number of benzene rings is 1. The molecular weight excluding hydrogens is 235 g/mol. The third-order valence-corrected chi connectivity index (χ3v) is 2.99. The van der Waals surface area contributed by atoms with E-state index in [4.69, 9.17) is 10.5 Å². The molecule has 0 fully saturated rings. The smallest absolute Gasteiger partial charge is 0.237 e. The largest absolute Gasteiger partial charge is 0.490 e. The van der Waals surface area contributed by atoms with Crippen LogP contribution in [0.5, 0.6) is 5.75 Å². The molecule has 0 saturated heterocycles. The molecule has 0 aliphatic carbocycles. The molecule has 1 heterocycles. The lowest BCUT2D eigenvalue weighted by molar-refractivity contribution is -0.122. The molecule has 0 spiro atoms. The number of ether oxygens (including phenoxy) is 1. The first-order valence-electron chi connectivity index (χ1n) is 6.06. The molecule has 0 aromatic heterocycles. The van der Waals surface area contributed by atoms with Crippen LogP contribution in [0.15, 0.2) is 18.2 Å². The number of amides is 1. The topological polar surface area (TPSA) is 64.4 Å². The van der Waals surface area contributed by atoms with Crippen molar-refractivity contribution >= 4 is 5.91 Å². The second-order valence-electron chi connectivity index (χ2n) is 4.50. The SMILES string of the molecule is C[C@@H](N)C(=O)NC1CCCOc2c(F)cccc21. The summed E-state index contributed by atoms with van der Waals surface area (Å²) >= 11 is 0. The molecule has 1 aliphatic rings. The van der Waals surface area contributed by atoms with E-state index in [0.29, 0.717) is 12.2 Å². The number of fused-ring (bicyclic) bond motifs is 1. The highest BCUT2D eigenvalue weighted by Gasteiger charge is 2.24. The van der Waals surface area contributed by atoms with Gasteiger partial charge in [-0.1, -0.05) is 12.1 Å². The minimum atomic E-state index is -0.578. The number of hydrogen-bond donors (Lipinski definition) is 2. The van der Waals surface area contributed by atoms with E-state index in [-0.39, 0.29) is 17.7 Å². The zero-order chi connectivity index (χ0) is 13.1. The number of para-hydroxylation sites is 1. The van der Waals surface area contributed by atoms with E-state index < -0.39 is 11.9 Å². The molecule has 18 heavy (non-hydrogen) atoms. The molecule has 3 N–H and O–H groups in total. The molecule has 1 aromatic rings. The van der Waals surface area contributed by atoms with Crippen LogP contribution >= 0.6 is 0 Å². The number of carbonyl (C=O) groups excluding carboxylic acids is 1. The summed E-state index contributed by atoms with van der Waals surface area (Å²) in [5.41, 5.74) is 6.21. The molecule has 98 valence electrons. The number of halogens is 1. The minimum Gasteiger partial charge on any atom is -0.490 e. The molecule has 4 nitrogen and oxygen atoms in total. The number of hydrogen-bond acceptors (Lipinski definition) is 3. The highest BCUT2D eigenvalue weighted by molar-refractivity contribution is 5.81. The number of rotatable bonds is 2. The van der Waals surface area contributed by atoms with Crippen molar-refractivity contribution in [1.29, 1.82) is 0 Å². The van der Waals surface area contributed by atoms with Crippen molar-refractivity contribution < 1.29 is 13.9 Å². The van der Waals surface area contributed by atoms with Crippen molar-refractivity contribution in [1.82, 2.24) is 5.32 Å². The third kappa shape index (κ3) is 2.61. The molecule has 2 atom stereocenters. The van der Waals surface area contributed by atoms with Gasteiger partial charge in [-0.25, -0.2) is 4.39 Å². The van der Waals surface area contributed by atoms with Crippen LogP contribution in [-0.4, -0.2) is 18.6 Å².